The number of rotatable bonds is 19. The molecule has 1 saturated carbocycles. The molecule has 0 aromatic carbocycles. The molecule has 0 radical (unpaired) electrons. The van der Waals surface area contributed by atoms with Crippen LogP contribution in [0.2, 0.25) is 0 Å². The van der Waals surface area contributed by atoms with Crippen molar-refractivity contribution in [2.24, 2.45) is 17.8 Å². The molecule has 6 atom stereocenters. The molecule has 1 aliphatic heterocycles. The second kappa shape index (κ2) is 18.5. The highest BCUT2D eigenvalue weighted by Gasteiger charge is 2.49. The van der Waals surface area contributed by atoms with E-state index in [1.807, 2.05) is 0 Å². The summed E-state index contributed by atoms with van der Waals surface area (Å²) in [6.07, 6.45) is 9.83. The standard InChI is InChI=1S/C35H47N3O10/c1-23(40)14-17-33(43)48-28-19-31(47-29(28)21-39)38-20-24(34(44)37-35(38)45)15-16-30(41)36-18-10-6-2-3-9-13-32(42)46-22-27-25-11-7-4-5-8-12-26(25)27/h15-16,20,25-29,31,39H,2-3,6-14,17-19,21-22H2,1H3,(H,36,41)(H,37,44,45)/b16-15+/t25-,26+,27?,28?,29-,31-/m1/s1/i39D. The van der Waals surface area contributed by atoms with Crippen molar-refractivity contribution >= 4 is 29.7 Å². The van der Waals surface area contributed by atoms with Crippen LogP contribution < -0.4 is 16.6 Å². The zero-order valence-corrected chi connectivity index (χ0v) is 27.5. The fraction of sp³-hybridized carbons (Fsp3) is 0.657. The fourth-order valence-corrected chi connectivity index (χ4v) is 6.39. The molecule has 1 saturated heterocycles. The Balaban J connectivity index is 1.12. The summed E-state index contributed by atoms with van der Waals surface area (Å²) in [7, 11) is 0. The maximum absolute atomic E-state index is 12.6. The lowest BCUT2D eigenvalue weighted by atomic mass is 10.1. The van der Waals surface area contributed by atoms with Crippen LogP contribution in [0.25, 0.3) is 6.08 Å². The van der Waals surface area contributed by atoms with Gasteiger partial charge in [0.2, 0.25) is 7.34 Å². The molecule has 2 heterocycles. The topological polar surface area (TPSA) is 183 Å². The summed E-state index contributed by atoms with van der Waals surface area (Å²) >= 11 is 0. The summed E-state index contributed by atoms with van der Waals surface area (Å²) in [6, 6.07) is 0. The number of aromatic amines is 1. The quantitative estimate of drug-likeness (QED) is 0.0856. The lowest BCUT2D eigenvalue weighted by Crippen LogP contribution is -2.33. The smallest absolute Gasteiger partial charge is 0.330 e. The molecule has 1 aromatic rings. The molecular formula is C35H47N3O10. The molecule has 4 rings (SSSR count). The molecule has 262 valence electrons. The maximum atomic E-state index is 12.6. The molecule has 1 amide bonds. The minimum absolute atomic E-state index is 0.0236. The number of carbonyl (C=O) groups is 4. The predicted octanol–water partition coefficient (Wildman–Crippen LogP) is 2.55. The predicted molar refractivity (Wildman–Crippen MR) is 174 cm³/mol. The van der Waals surface area contributed by atoms with Crippen LogP contribution in [-0.4, -0.2) is 71.7 Å². The van der Waals surface area contributed by atoms with Crippen molar-refractivity contribution in [3.63, 3.8) is 0 Å². The summed E-state index contributed by atoms with van der Waals surface area (Å²) in [5.41, 5.74) is -1.43. The van der Waals surface area contributed by atoms with E-state index in [0.717, 1.165) is 62.4 Å². The van der Waals surface area contributed by atoms with Gasteiger partial charge >= 0.3 is 17.6 Å². The van der Waals surface area contributed by atoms with Crippen LogP contribution in [-0.2, 0) is 33.4 Å². The van der Waals surface area contributed by atoms with Crippen LogP contribution in [0.15, 0.2) is 21.9 Å². The van der Waals surface area contributed by atoms with Crippen LogP contribution in [0.1, 0.15) is 102 Å². The van der Waals surface area contributed by atoms with E-state index in [9.17, 15) is 28.8 Å². The number of hydrogen-bond acceptors (Lipinski definition) is 10. The van der Waals surface area contributed by atoms with E-state index < -0.39 is 41.6 Å². The third-order valence-corrected chi connectivity index (χ3v) is 9.16. The lowest BCUT2D eigenvalue weighted by molar-refractivity contribution is -0.154. The maximum Gasteiger partial charge on any atom is 0.330 e. The van der Waals surface area contributed by atoms with Crippen LogP contribution in [0.4, 0.5) is 0 Å². The Kier molecular flexibility index (Phi) is 13.6. The first-order valence-corrected chi connectivity index (χ1v) is 17.0. The van der Waals surface area contributed by atoms with E-state index >= 15 is 0 Å². The summed E-state index contributed by atoms with van der Waals surface area (Å²) in [5.74, 6) is 6.91. The largest absolute Gasteiger partial charge is 0.465 e. The van der Waals surface area contributed by atoms with Gasteiger partial charge in [-0.25, -0.2) is 4.79 Å². The van der Waals surface area contributed by atoms with Gasteiger partial charge in [0.1, 0.15) is 24.2 Å². The molecule has 0 bridgehead atoms. The molecule has 13 heteroatoms. The van der Waals surface area contributed by atoms with E-state index in [-0.39, 0.29) is 43.2 Å². The number of esters is 2. The van der Waals surface area contributed by atoms with Crippen molar-refractivity contribution in [2.75, 3.05) is 19.8 Å². The van der Waals surface area contributed by atoms with Gasteiger partial charge in [-0.15, -0.1) is 11.8 Å². The molecule has 48 heavy (non-hydrogen) atoms. The number of aliphatic hydroxyl groups excluding tert-OH is 1. The Morgan fingerprint density at radius 3 is 2.52 bits per heavy atom. The molecule has 3 aliphatic rings. The average Bonchev–Trinajstić information content (AvgIpc) is 3.53. The molecule has 0 spiro atoms. The van der Waals surface area contributed by atoms with Crippen molar-refractivity contribution in [1.29, 1.82) is 1.43 Å². The number of aromatic nitrogens is 2. The first-order valence-electron chi connectivity index (χ1n) is 17.4. The summed E-state index contributed by atoms with van der Waals surface area (Å²) < 4.78 is 25.0. The van der Waals surface area contributed by atoms with Crippen molar-refractivity contribution in [3.8, 4) is 11.8 Å². The van der Waals surface area contributed by atoms with Gasteiger partial charge in [-0.1, -0.05) is 19.3 Å². The average molecular weight is 671 g/mol. The third-order valence-electron chi connectivity index (χ3n) is 9.16. The molecule has 2 aliphatic carbocycles. The van der Waals surface area contributed by atoms with Crippen LogP contribution in [0, 0.1) is 29.6 Å². The second-order valence-corrected chi connectivity index (χ2v) is 12.8. The number of ketones is 1. The molecule has 2 fully saturated rings. The van der Waals surface area contributed by atoms with Gasteiger partial charge in [0.25, 0.3) is 5.56 Å². The molecule has 1 aromatic heterocycles. The second-order valence-electron chi connectivity index (χ2n) is 12.8. The van der Waals surface area contributed by atoms with E-state index in [2.05, 4.69) is 27.3 Å². The highest BCUT2D eigenvalue weighted by Crippen LogP contribution is 2.52. The Labute approximate surface area is 281 Å². The summed E-state index contributed by atoms with van der Waals surface area (Å²) in [4.78, 5) is 75.1. The van der Waals surface area contributed by atoms with Crippen LogP contribution in [0.3, 0.4) is 0 Å². The van der Waals surface area contributed by atoms with Crippen LogP contribution in [0.5, 0.6) is 0 Å². The number of nitrogens with one attached hydrogen (secondary N) is 2. The Bertz CT molecular complexity index is 1510. The molecule has 13 nitrogen and oxygen atoms in total. The molecule has 2 unspecified atom stereocenters. The van der Waals surface area contributed by atoms with Gasteiger partial charge in [-0.3, -0.25) is 28.7 Å². The minimum Gasteiger partial charge on any atom is -0.465 e. The number of ether oxygens (including phenoxy) is 3. The highest BCUT2D eigenvalue weighted by atomic mass is 16.6. The normalized spacial score (nSPS) is 24.7. The number of unbranched alkanes of at least 4 members (excludes halogenated alkanes) is 4. The Morgan fingerprint density at radius 1 is 1.06 bits per heavy atom. The van der Waals surface area contributed by atoms with E-state index in [0.29, 0.717) is 37.3 Å². The number of fused-ring (bicyclic) bond motifs is 1. The van der Waals surface area contributed by atoms with Gasteiger partial charge in [0, 0.05) is 50.9 Å². The van der Waals surface area contributed by atoms with Crippen molar-refractivity contribution in [1.82, 2.24) is 14.9 Å². The zero-order valence-electron chi connectivity index (χ0n) is 28.5. The first-order chi connectivity index (χ1) is 23.7. The van der Waals surface area contributed by atoms with Crippen molar-refractivity contribution < 1.29 is 38.5 Å². The van der Waals surface area contributed by atoms with Crippen molar-refractivity contribution in [2.45, 2.75) is 109 Å². The Hall–Kier alpha value is -4.02. The molecular weight excluding hydrogens is 622 g/mol. The number of Topliss-reactive ketones (excluding diaryl/α,β-unsaturated/α-hetero) is 1. The summed E-state index contributed by atoms with van der Waals surface area (Å²) in [5, 5.41) is 7.20. The fourth-order valence-electron chi connectivity index (χ4n) is 6.39. The van der Waals surface area contributed by atoms with Gasteiger partial charge in [0.15, 0.2) is 0 Å². The number of amides is 1. The monoisotopic (exact) mass is 670 g/mol. The number of H-pyrrole nitrogens is 1. The van der Waals surface area contributed by atoms with Crippen LogP contribution >= 0.6 is 0 Å². The number of hydrogen-bond donors (Lipinski definition) is 3. The highest BCUT2D eigenvalue weighted by molar-refractivity contribution is 5.91. The van der Waals surface area contributed by atoms with E-state index in [4.69, 9.17) is 15.6 Å². The van der Waals surface area contributed by atoms with Gasteiger partial charge in [-0.05, 0) is 56.4 Å². The van der Waals surface area contributed by atoms with Gasteiger partial charge in [-0.2, -0.15) is 0 Å². The number of nitrogens with zero attached hydrogens (tertiary/aromatic N) is 1. The SMILES string of the molecule is [2H]OC[C@H]1O[C@@H](n2cc(/C=C/C(=O)NCCCCCCCC(=O)OCC3[C@H]4CCC#CCC[C@@H]34)c(=O)[nH]c2=O)CC1OC(=O)CCC(C)=O. The lowest BCUT2D eigenvalue weighted by Gasteiger charge is -2.16. The Morgan fingerprint density at radius 2 is 1.79 bits per heavy atom. The summed E-state index contributed by atoms with van der Waals surface area (Å²) in [6.45, 7) is 2.10. The first kappa shape index (κ1) is 35.3. The van der Waals surface area contributed by atoms with Gasteiger partial charge in [0.05, 0.1) is 25.2 Å². The van der Waals surface area contributed by atoms with Gasteiger partial charge < -0.3 is 29.4 Å². The molecule has 3 N–H and O–H groups in total. The third kappa shape index (κ3) is 11.3. The zero-order chi connectivity index (χ0) is 35.2. The van der Waals surface area contributed by atoms with E-state index in [1.54, 1.807) is 0 Å². The van der Waals surface area contributed by atoms with E-state index in [1.165, 1.54) is 25.3 Å². The minimum atomic E-state index is -0.945. The number of carbonyl (C=O) groups excluding carboxylic acids is 4. The van der Waals surface area contributed by atoms with Crippen molar-refractivity contribution in [3.05, 3.63) is 38.7 Å². The number of aliphatic hydroxyl groups is 1.